The molecule has 0 aromatic heterocycles. The van der Waals surface area contributed by atoms with Crippen LogP contribution in [0.1, 0.15) is 18.4 Å². The zero-order chi connectivity index (χ0) is 22.0. The molecule has 2 aliphatic rings. The minimum Gasteiger partial charge on any atom is -0.369 e. The molecule has 0 saturated carbocycles. The molecule has 8 heteroatoms. The van der Waals surface area contributed by atoms with Gasteiger partial charge in [0.2, 0.25) is 0 Å². The van der Waals surface area contributed by atoms with Gasteiger partial charge in [0, 0.05) is 54.1 Å². The summed E-state index contributed by atoms with van der Waals surface area (Å²) in [6, 6.07) is 10.8. The molecule has 0 bridgehead atoms. The van der Waals surface area contributed by atoms with Crippen LogP contribution in [-0.2, 0) is 16.3 Å². The topological polar surface area (TPSA) is 52.6 Å². The smallest absolute Gasteiger partial charge is 0.199 e. The van der Waals surface area contributed by atoms with E-state index in [0.29, 0.717) is 16.5 Å². The summed E-state index contributed by atoms with van der Waals surface area (Å²) in [6.07, 6.45) is 4.10. The lowest BCUT2D eigenvalue weighted by molar-refractivity contribution is 0.284. The minimum atomic E-state index is -3.63. The quantitative estimate of drug-likeness (QED) is 0.621. The molecular weight excluding hydrogens is 453 g/mol. The highest BCUT2D eigenvalue weighted by Crippen LogP contribution is 2.33. The van der Waals surface area contributed by atoms with Crippen LogP contribution in [0.4, 0.5) is 11.4 Å². The van der Waals surface area contributed by atoms with Crippen LogP contribution >= 0.6 is 23.2 Å². The Kier molecular flexibility index (Phi) is 6.82. The standard InChI is InChI=1S/C23H27Cl2N3O2S/c1-2-8-27-9-11-28(12-10-27)20-7-6-17-4-3-5-23(26-22(17)16-20)31(29,30)21-14-18(24)13-19(25)15-21/h2,6-7,13-16,23,26H,1,3-5,8-12H2. The van der Waals surface area contributed by atoms with Gasteiger partial charge in [-0.25, -0.2) is 8.42 Å². The average Bonchev–Trinajstić information content (AvgIpc) is 2.96. The predicted molar refractivity (Wildman–Crippen MR) is 129 cm³/mol. The normalized spacial score (nSPS) is 19.9. The van der Waals surface area contributed by atoms with E-state index in [-0.39, 0.29) is 4.90 Å². The summed E-state index contributed by atoms with van der Waals surface area (Å²) in [6.45, 7) is 8.59. The fraction of sp³-hybridized carbons (Fsp3) is 0.391. The first-order valence-electron chi connectivity index (χ1n) is 10.5. The van der Waals surface area contributed by atoms with Crippen molar-refractivity contribution < 1.29 is 8.42 Å². The van der Waals surface area contributed by atoms with Gasteiger partial charge in [-0.3, -0.25) is 4.90 Å². The predicted octanol–water partition coefficient (Wildman–Crippen LogP) is 4.85. The molecule has 1 atom stereocenters. The number of nitrogens with zero attached hydrogens (tertiary/aromatic N) is 2. The Morgan fingerprint density at radius 2 is 1.77 bits per heavy atom. The number of benzene rings is 2. The van der Waals surface area contributed by atoms with E-state index in [1.165, 1.54) is 12.1 Å². The Balaban J connectivity index is 1.57. The van der Waals surface area contributed by atoms with Gasteiger partial charge >= 0.3 is 0 Å². The summed E-state index contributed by atoms with van der Waals surface area (Å²) in [5, 5.41) is 3.24. The molecule has 1 N–H and O–H groups in total. The van der Waals surface area contributed by atoms with Gasteiger partial charge in [-0.05, 0) is 55.2 Å². The van der Waals surface area contributed by atoms with E-state index in [2.05, 4.69) is 39.9 Å². The van der Waals surface area contributed by atoms with Gasteiger partial charge in [0.25, 0.3) is 0 Å². The molecule has 2 heterocycles. The lowest BCUT2D eigenvalue weighted by atomic mass is 10.1. The van der Waals surface area contributed by atoms with Crippen molar-refractivity contribution in [3.63, 3.8) is 0 Å². The minimum absolute atomic E-state index is 0.153. The van der Waals surface area contributed by atoms with Crippen molar-refractivity contribution in [2.75, 3.05) is 42.9 Å². The number of rotatable bonds is 5. The van der Waals surface area contributed by atoms with Gasteiger partial charge in [0.05, 0.1) is 4.90 Å². The van der Waals surface area contributed by atoms with Crippen LogP contribution in [0, 0.1) is 0 Å². The molecule has 5 nitrogen and oxygen atoms in total. The second-order valence-corrected chi connectivity index (χ2v) is 11.1. The van der Waals surface area contributed by atoms with Gasteiger partial charge < -0.3 is 10.2 Å². The van der Waals surface area contributed by atoms with Crippen molar-refractivity contribution >= 4 is 44.4 Å². The van der Waals surface area contributed by atoms with Gasteiger partial charge in [0.1, 0.15) is 5.37 Å². The Morgan fingerprint density at radius 3 is 2.45 bits per heavy atom. The largest absolute Gasteiger partial charge is 0.369 e. The van der Waals surface area contributed by atoms with Crippen molar-refractivity contribution in [3.05, 3.63) is 64.7 Å². The molecule has 0 aliphatic carbocycles. The summed E-state index contributed by atoms with van der Waals surface area (Å²) < 4.78 is 26.7. The van der Waals surface area contributed by atoms with Crippen molar-refractivity contribution in [2.24, 2.45) is 0 Å². The molecule has 2 aromatic carbocycles. The van der Waals surface area contributed by atoms with Crippen molar-refractivity contribution in [3.8, 4) is 0 Å². The number of piperazine rings is 1. The zero-order valence-corrected chi connectivity index (χ0v) is 19.7. The fourth-order valence-corrected chi connectivity index (χ4v) is 6.62. The monoisotopic (exact) mass is 479 g/mol. The molecule has 2 aromatic rings. The summed E-state index contributed by atoms with van der Waals surface area (Å²) in [5.41, 5.74) is 3.16. The molecule has 4 rings (SSSR count). The number of aryl methyl sites for hydroxylation is 1. The number of nitrogens with one attached hydrogen (secondary N) is 1. The van der Waals surface area contributed by atoms with Crippen LogP contribution in [0.15, 0.2) is 53.9 Å². The number of anilines is 2. The molecule has 0 amide bonds. The number of fused-ring (bicyclic) bond motifs is 1. The van der Waals surface area contributed by atoms with E-state index in [9.17, 15) is 8.42 Å². The lowest BCUT2D eigenvalue weighted by Gasteiger charge is -2.36. The summed E-state index contributed by atoms with van der Waals surface area (Å²) in [5.74, 6) is 0. The van der Waals surface area contributed by atoms with E-state index < -0.39 is 15.2 Å². The lowest BCUT2D eigenvalue weighted by Crippen LogP contribution is -2.46. The van der Waals surface area contributed by atoms with E-state index in [4.69, 9.17) is 23.2 Å². The number of hydrogen-bond acceptors (Lipinski definition) is 5. The van der Waals surface area contributed by atoms with Gasteiger partial charge in [-0.2, -0.15) is 0 Å². The maximum absolute atomic E-state index is 13.3. The molecule has 0 radical (unpaired) electrons. The van der Waals surface area contributed by atoms with Crippen LogP contribution < -0.4 is 10.2 Å². The molecule has 0 spiro atoms. The molecule has 166 valence electrons. The molecular formula is C23H27Cl2N3O2S. The van der Waals surface area contributed by atoms with E-state index in [1.807, 2.05) is 6.08 Å². The van der Waals surface area contributed by atoms with Crippen LogP contribution in [0.2, 0.25) is 10.0 Å². The first-order chi connectivity index (χ1) is 14.9. The highest BCUT2D eigenvalue weighted by atomic mass is 35.5. The fourth-order valence-electron chi connectivity index (χ4n) is 4.30. The highest BCUT2D eigenvalue weighted by molar-refractivity contribution is 7.92. The highest BCUT2D eigenvalue weighted by Gasteiger charge is 2.30. The van der Waals surface area contributed by atoms with E-state index in [1.54, 1.807) is 6.07 Å². The second-order valence-electron chi connectivity index (χ2n) is 8.09. The van der Waals surface area contributed by atoms with Gasteiger partial charge in [-0.15, -0.1) is 6.58 Å². The summed E-state index contributed by atoms with van der Waals surface area (Å²) in [4.78, 5) is 4.89. The van der Waals surface area contributed by atoms with Gasteiger partial charge in [0.15, 0.2) is 9.84 Å². The van der Waals surface area contributed by atoms with Crippen molar-refractivity contribution in [1.82, 2.24) is 4.90 Å². The molecule has 1 unspecified atom stereocenters. The SMILES string of the molecule is C=CCN1CCN(c2ccc3c(c2)NC(S(=O)(=O)c2cc(Cl)cc(Cl)c2)CCC3)CC1. The molecule has 1 saturated heterocycles. The average molecular weight is 480 g/mol. The first-order valence-corrected chi connectivity index (χ1v) is 12.8. The Labute approximate surface area is 194 Å². The zero-order valence-electron chi connectivity index (χ0n) is 17.4. The maximum atomic E-state index is 13.3. The van der Waals surface area contributed by atoms with Crippen molar-refractivity contribution in [2.45, 2.75) is 29.5 Å². The van der Waals surface area contributed by atoms with Crippen LogP contribution in [0.5, 0.6) is 0 Å². The Hall–Kier alpha value is -1.73. The Bertz CT molecular complexity index is 1050. The second kappa shape index (κ2) is 9.41. The van der Waals surface area contributed by atoms with Crippen LogP contribution in [0.25, 0.3) is 0 Å². The summed E-state index contributed by atoms with van der Waals surface area (Å²) in [7, 11) is -3.63. The summed E-state index contributed by atoms with van der Waals surface area (Å²) >= 11 is 12.1. The Morgan fingerprint density at radius 1 is 1.06 bits per heavy atom. The number of sulfone groups is 1. The van der Waals surface area contributed by atoms with Crippen LogP contribution in [0.3, 0.4) is 0 Å². The molecule has 1 fully saturated rings. The van der Waals surface area contributed by atoms with Crippen molar-refractivity contribution in [1.29, 1.82) is 0 Å². The molecule has 2 aliphatic heterocycles. The number of halogens is 2. The van der Waals surface area contributed by atoms with E-state index >= 15 is 0 Å². The number of hydrogen-bond donors (Lipinski definition) is 1. The molecule has 31 heavy (non-hydrogen) atoms. The van der Waals surface area contributed by atoms with Gasteiger partial charge in [-0.1, -0.05) is 35.3 Å². The third-order valence-corrected chi connectivity index (χ3v) is 8.42. The first kappa shape index (κ1) is 22.5. The maximum Gasteiger partial charge on any atom is 0.199 e. The third kappa shape index (κ3) is 5.03. The van der Waals surface area contributed by atoms with Crippen LogP contribution in [-0.4, -0.2) is 51.4 Å². The third-order valence-electron chi connectivity index (χ3n) is 5.99. The van der Waals surface area contributed by atoms with E-state index in [0.717, 1.165) is 62.5 Å².